The summed E-state index contributed by atoms with van der Waals surface area (Å²) in [5.74, 6) is -0.375. The van der Waals surface area contributed by atoms with Gasteiger partial charge in [-0.3, -0.25) is 4.79 Å². The number of nitriles is 1. The molecular formula is C16H14ClN3O. The standard InChI is InChI=1S/C16H14ClN3O/c17-15-12-6-2-1-4-10(12)8-14(19-15)16(21)20-13-7-3-5-11(13)9-18/h1-2,4,6,8,11,13H,3,5,7H2,(H,20,21). The number of halogens is 1. The van der Waals surface area contributed by atoms with E-state index in [1.54, 1.807) is 6.07 Å². The Hall–Kier alpha value is -2.12. The summed E-state index contributed by atoms with van der Waals surface area (Å²) in [6.07, 6.45) is 2.65. The lowest BCUT2D eigenvalue weighted by atomic mass is 10.1. The fraction of sp³-hybridized carbons (Fsp3) is 0.312. The molecule has 1 heterocycles. The molecular weight excluding hydrogens is 286 g/mol. The summed E-state index contributed by atoms with van der Waals surface area (Å²) in [6.45, 7) is 0. The molecule has 0 bridgehead atoms. The first kappa shape index (κ1) is 13.8. The van der Waals surface area contributed by atoms with Gasteiger partial charge in [-0.15, -0.1) is 0 Å². The number of hydrogen-bond acceptors (Lipinski definition) is 3. The highest BCUT2D eigenvalue weighted by Crippen LogP contribution is 2.26. The Balaban J connectivity index is 1.87. The van der Waals surface area contributed by atoms with Crippen molar-refractivity contribution in [3.8, 4) is 6.07 Å². The second-order valence-corrected chi connectivity index (χ2v) is 5.62. The van der Waals surface area contributed by atoms with E-state index >= 15 is 0 Å². The van der Waals surface area contributed by atoms with Crippen LogP contribution in [0.15, 0.2) is 30.3 Å². The molecule has 1 N–H and O–H groups in total. The number of amides is 1. The van der Waals surface area contributed by atoms with Crippen LogP contribution in [-0.4, -0.2) is 16.9 Å². The van der Waals surface area contributed by atoms with E-state index in [2.05, 4.69) is 16.4 Å². The van der Waals surface area contributed by atoms with Crippen molar-refractivity contribution in [2.24, 2.45) is 5.92 Å². The Morgan fingerprint density at radius 3 is 3.00 bits per heavy atom. The Bertz CT molecular complexity index is 738. The molecule has 2 unspecified atom stereocenters. The second kappa shape index (κ2) is 5.71. The van der Waals surface area contributed by atoms with E-state index in [1.807, 2.05) is 24.3 Å². The van der Waals surface area contributed by atoms with Gasteiger partial charge in [-0.1, -0.05) is 35.9 Å². The number of carbonyl (C=O) groups is 1. The van der Waals surface area contributed by atoms with E-state index in [0.717, 1.165) is 30.0 Å². The van der Waals surface area contributed by atoms with Gasteiger partial charge >= 0.3 is 0 Å². The van der Waals surface area contributed by atoms with Gasteiger partial charge in [0.15, 0.2) is 0 Å². The highest BCUT2D eigenvalue weighted by molar-refractivity contribution is 6.34. The number of aromatic nitrogens is 1. The van der Waals surface area contributed by atoms with E-state index in [-0.39, 0.29) is 17.9 Å². The zero-order valence-corrected chi connectivity index (χ0v) is 12.1. The highest BCUT2D eigenvalue weighted by Gasteiger charge is 2.29. The molecule has 4 nitrogen and oxygen atoms in total. The van der Waals surface area contributed by atoms with E-state index in [4.69, 9.17) is 16.9 Å². The Kier molecular flexibility index (Phi) is 3.76. The molecule has 1 aliphatic carbocycles. The Labute approximate surface area is 127 Å². The molecule has 1 aliphatic rings. The molecule has 21 heavy (non-hydrogen) atoms. The molecule has 3 rings (SSSR count). The Morgan fingerprint density at radius 1 is 1.38 bits per heavy atom. The fourth-order valence-electron chi connectivity index (χ4n) is 2.80. The molecule has 0 aliphatic heterocycles. The largest absolute Gasteiger partial charge is 0.347 e. The molecule has 2 atom stereocenters. The molecule has 1 aromatic heterocycles. The monoisotopic (exact) mass is 299 g/mol. The van der Waals surface area contributed by atoms with Crippen LogP contribution in [0.25, 0.3) is 10.8 Å². The summed E-state index contributed by atoms with van der Waals surface area (Å²) in [5, 5.41) is 14.0. The molecule has 1 fully saturated rings. The summed E-state index contributed by atoms with van der Waals surface area (Å²) >= 11 is 6.14. The number of rotatable bonds is 2. The third-order valence-corrected chi connectivity index (χ3v) is 4.21. The summed E-state index contributed by atoms with van der Waals surface area (Å²) in [7, 11) is 0. The van der Waals surface area contributed by atoms with Crippen molar-refractivity contribution < 1.29 is 4.79 Å². The second-order valence-electron chi connectivity index (χ2n) is 5.27. The maximum Gasteiger partial charge on any atom is 0.270 e. The van der Waals surface area contributed by atoms with Crippen LogP contribution in [0.4, 0.5) is 0 Å². The zero-order chi connectivity index (χ0) is 14.8. The van der Waals surface area contributed by atoms with Crippen molar-refractivity contribution in [3.05, 3.63) is 41.2 Å². The molecule has 106 valence electrons. The number of pyridine rings is 1. The first-order valence-corrected chi connectivity index (χ1v) is 7.32. The van der Waals surface area contributed by atoms with Crippen LogP contribution in [0, 0.1) is 17.2 Å². The van der Waals surface area contributed by atoms with Crippen LogP contribution in [0.2, 0.25) is 5.15 Å². The zero-order valence-electron chi connectivity index (χ0n) is 11.3. The molecule has 2 aromatic rings. The summed E-state index contributed by atoms with van der Waals surface area (Å²) in [4.78, 5) is 16.5. The van der Waals surface area contributed by atoms with Gasteiger partial charge in [0.1, 0.15) is 10.8 Å². The summed E-state index contributed by atoms with van der Waals surface area (Å²) < 4.78 is 0. The van der Waals surface area contributed by atoms with Crippen molar-refractivity contribution >= 4 is 28.3 Å². The molecule has 0 radical (unpaired) electrons. The van der Waals surface area contributed by atoms with Gasteiger partial charge in [0.25, 0.3) is 5.91 Å². The lowest BCUT2D eigenvalue weighted by Crippen LogP contribution is -2.37. The van der Waals surface area contributed by atoms with Crippen LogP contribution in [0.1, 0.15) is 29.8 Å². The van der Waals surface area contributed by atoms with E-state index in [1.165, 1.54) is 0 Å². The SMILES string of the molecule is N#CC1CCCC1NC(=O)c1cc2ccccc2c(Cl)n1. The average molecular weight is 300 g/mol. The molecule has 5 heteroatoms. The van der Waals surface area contributed by atoms with Crippen molar-refractivity contribution in [3.63, 3.8) is 0 Å². The summed E-state index contributed by atoms with van der Waals surface area (Å²) in [5.41, 5.74) is 0.294. The van der Waals surface area contributed by atoms with Crippen LogP contribution in [0.5, 0.6) is 0 Å². The van der Waals surface area contributed by atoms with Crippen LogP contribution in [0.3, 0.4) is 0 Å². The topological polar surface area (TPSA) is 65.8 Å². The normalized spacial score (nSPS) is 21.1. The predicted octanol–water partition coefficient (Wildman–Crippen LogP) is 3.31. The van der Waals surface area contributed by atoms with Gasteiger partial charge in [0, 0.05) is 11.4 Å². The van der Waals surface area contributed by atoms with Crippen molar-refractivity contribution in [1.29, 1.82) is 5.26 Å². The van der Waals surface area contributed by atoms with Crippen LogP contribution < -0.4 is 5.32 Å². The third-order valence-electron chi connectivity index (χ3n) is 3.92. The maximum absolute atomic E-state index is 12.3. The quantitative estimate of drug-likeness (QED) is 0.865. The number of nitrogens with one attached hydrogen (secondary N) is 1. The number of carbonyl (C=O) groups excluding carboxylic acids is 1. The fourth-order valence-corrected chi connectivity index (χ4v) is 3.07. The van der Waals surface area contributed by atoms with Gasteiger partial charge in [0.2, 0.25) is 0 Å². The number of fused-ring (bicyclic) bond motifs is 1. The first-order chi connectivity index (χ1) is 10.2. The average Bonchev–Trinajstić information content (AvgIpc) is 2.94. The first-order valence-electron chi connectivity index (χ1n) is 6.95. The summed E-state index contributed by atoms with van der Waals surface area (Å²) in [6, 6.07) is 11.4. The molecule has 1 saturated carbocycles. The van der Waals surface area contributed by atoms with Crippen molar-refractivity contribution in [1.82, 2.24) is 10.3 Å². The number of benzene rings is 1. The van der Waals surface area contributed by atoms with E-state index in [0.29, 0.717) is 10.8 Å². The molecule has 1 amide bonds. The van der Waals surface area contributed by atoms with Crippen molar-refractivity contribution in [2.75, 3.05) is 0 Å². The number of hydrogen-bond donors (Lipinski definition) is 1. The highest BCUT2D eigenvalue weighted by atomic mass is 35.5. The third kappa shape index (κ3) is 2.70. The Morgan fingerprint density at radius 2 is 2.19 bits per heavy atom. The molecule has 1 aromatic carbocycles. The van der Waals surface area contributed by atoms with Crippen LogP contribution >= 0.6 is 11.6 Å². The minimum Gasteiger partial charge on any atom is -0.347 e. The van der Waals surface area contributed by atoms with E-state index in [9.17, 15) is 4.79 Å². The lowest BCUT2D eigenvalue weighted by Gasteiger charge is -2.15. The predicted molar refractivity (Wildman–Crippen MR) is 81.0 cm³/mol. The van der Waals surface area contributed by atoms with Crippen LogP contribution in [-0.2, 0) is 0 Å². The van der Waals surface area contributed by atoms with Gasteiger partial charge in [-0.25, -0.2) is 4.98 Å². The van der Waals surface area contributed by atoms with Gasteiger partial charge in [-0.05, 0) is 30.7 Å². The number of nitrogens with zero attached hydrogens (tertiary/aromatic N) is 2. The van der Waals surface area contributed by atoms with Gasteiger partial charge < -0.3 is 5.32 Å². The smallest absolute Gasteiger partial charge is 0.270 e. The lowest BCUT2D eigenvalue weighted by molar-refractivity contribution is 0.0928. The molecule has 0 saturated heterocycles. The maximum atomic E-state index is 12.3. The van der Waals surface area contributed by atoms with E-state index < -0.39 is 0 Å². The molecule has 0 spiro atoms. The van der Waals surface area contributed by atoms with Gasteiger partial charge in [0.05, 0.1) is 12.0 Å². The van der Waals surface area contributed by atoms with Crippen molar-refractivity contribution in [2.45, 2.75) is 25.3 Å². The minimum absolute atomic E-state index is 0.0884. The minimum atomic E-state index is -0.269. The van der Waals surface area contributed by atoms with Gasteiger partial charge in [-0.2, -0.15) is 5.26 Å².